The standard InChI is InChI=1S/C25H23NO2/c1-17-7-9-18(10-8-17)19-13-14-26(25(27)15-19)20-11-12-22-21-5-3-2-4-6-23(21)28-24(22)16-20/h7-16H,2-6H2,1H3. The third-order valence-electron chi connectivity index (χ3n) is 5.77. The summed E-state index contributed by atoms with van der Waals surface area (Å²) in [4.78, 5) is 12.8. The average Bonchev–Trinajstić information content (AvgIpc) is 2.88. The molecule has 140 valence electrons. The summed E-state index contributed by atoms with van der Waals surface area (Å²) >= 11 is 0. The maximum Gasteiger partial charge on any atom is 0.255 e. The van der Waals surface area contributed by atoms with E-state index >= 15 is 0 Å². The van der Waals surface area contributed by atoms with Crippen molar-refractivity contribution >= 4 is 11.0 Å². The fourth-order valence-electron chi connectivity index (χ4n) is 4.20. The van der Waals surface area contributed by atoms with E-state index in [-0.39, 0.29) is 5.56 Å². The molecule has 0 atom stereocenters. The van der Waals surface area contributed by atoms with Crippen LogP contribution in [0.2, 0.25) is 0 Å². The SMILES string of the molecule is Cc1ccc(-c2ccn(-c3ccc4c5c(oc4c3)CCCCC5)c(=O)c2)cc1. The Labute approximate surface area is 164 Å². The van der Waals surface area contributed by atoms with Crippen LogP contribution >= 0.6 is 0 Å². The number of aryl methyl sites for hydroxylation is 3. The van der Waals surface area contributed by atoms with Crippen molar-refractivity contribution in [3.05, 3.63) is 88.0 Å². The van der Waals surface area contributed by atoms with Crippen LogP contribution in [0, 0.1) is 6.92 Å². The number of fused-ring (bicyclic) bond motifs is 3. The molecule has 0 amide bonds. The van der Waals surface area contributed by atoms with E-state index < -0.39 is 0 Å². The first-order chi connectivity index (χ1) is 13.7. The van der Waals surface area contributed by atoms with Crippen LogP contribution in [0.3, 0.4) is 0 Å². The van der Waals surface area contributed by atoms with Gasteiger partial charge in [0, 0.05) is 35.7 Å². The Bertz CT molecular complexity index is 1210. The summed E-state index contributed by atoms with van der Waals surface area (Å²) in [5, 5.41) is 1.20. The fourth-order valence-corrected chi connectivity index (χ4v) is 4.20. The van der Waals surface area contributed by atoms with Gasteiger partial charge in [0.2, 0.25) is 0 Å². The summed E-state index contributed by atoms with van der Waals surface area (Å²) in [6.45, 7) is 2.06. The van der Waals surface area contributed by atoms with Crippen molar-refractivity contribution in [1.82, 2.24) is 4.57 Å². The Kier molecular flexibility index (Phi) is 4.16. The first kappa shape index (κ1) is 17.1. The molecular weight excluding hydrogens is 346 g/mol. The molecule has 3 heteroatoms. The molecule has 0 aliphatic heterocycles. The number of pyridine rings is 1. The molecule has 1 aliphatic carbocycles. The predicted molar refractivity (Wildman–Crippen MR) is 113 cm³/mol. The lowest BCUT2D eigenvalue weighted by molar-refractivity contribution is 0.538. The van der Waals surface area contributed by atoms with E-state index in [9.17, 15) is 4.79 Å². The Balaban J connectivity index is 1.54. The molecule has 0 unspecified atom stereocenters. The van der Waals surface area contributed by atoms with Crippen molar-refractivity contribution in [3.63, 3.8) is 0 Å². The van der Waals surface area contributed by atoms with Crippen molar-refractivity contribution in [3.8, 4) is 16.8 Å². The molecule has 2 aromatic heterocycles. The molecule has 0 fully saturated rings. The summed E-state index contributed by atoms with van der Waals surface area (Å²) in [6, 6.07) is 18.1. The zero-order chi connectivity index (χ0) is 19.1. The zero-order valence-electron chi connectivity index (χ0n) is 16.1. The molecule has 0 radical (unpaired) electrons. The molecule has 2 heterocycles. The normalized spacial score (nSPS) is 14.0. The van der Waals surface area contributed by atoms with E-state index in [0.29, 0.717) is 0 Å². The fraction of sp³-hybridized carbons (Fsp3) is 0.240. The van der Waals surface area contributed by atoms with E-state index in [1.807, 2.05) is 24.4 Å². The third-order valence-corrected chi connectivity index (χ3v) is 5.77. The highest BCUT2D eigenvalue weighted by atomic mass is 16.3. The number of nitrogens with zero attached hydrogens (tertiary/aromatic N) is 1. The summed E-state index contributed by atoms with van der Waals surface area (Å²) < 4.78 is 7.85. The largest absolute Gasteiger partial charge is 0.461 e. The number of hydrogen-bond acceptors (Lipinski definition) is 2. The Morgan fingerprint density at radius 1 is 0.857 bits per heavy atom. The molecule has 1 aliphatic rings. The minimum Gasteiger partial charge on any atom is -0.461 e. The molecule has 28 heavy (non-hydrogen) atoms. The Morgan fingerprint density at radius 3 is 2.50 bits per heavy atom. The minimum atomic E-state index is -0.0365. The zero-order valence-corrected chi connectivity index (χ0v) is 16.1. The van der Waals surface area contributed by atoms with E-state index in [1.165, 1.54) is 35.8 Å². The lowest BCUT2D eigenvalue weighted by Crippen LogP contribution is -2.16. The first-order valence-electron chi connectivity index (χ1n) is 10.0. The van der Waals surface area contributed by atoms with Gasteiger partial charge in [-0.15, -0.1) is 0 Å². The Hall–Kier alpha value is -3.07. The summed E-state index contributed by atoms with van der Waals surface area (Å²) in [5.41, 5.74) is 6.26. The lowest BCUT2D eigenvalue weighted by atomic mass is 10.1. The summed E-state index contributed by atoms with van der Waals surface area (Å²) in [6.07, 6.45) is 7.65. The highest BCUT2D eigenvalue weighted by Crippen LogP contribution is 2.32. The van der Waals surface area contributed by atoms with Crippen LogP contribution < -0.4 is 5.56 Å². The predicted octanol–water partition coefficient (Wildman–Crippen LogP) is 5.83. The van der Waals surface area contributed by atoms with E-state index in [4.69, 9.17) is 4.42 Å². The van der Waals surface area contributed by atoms with Gasteiger partial charge in [0.15, 0.2) is 0 Å². The van der Waals surface area contributed by atoms with E-state index in [1.54, 1.807) is 10.6 Å². The smallest absolute Gasteiger partial charge is 0.255 e. The van der Waals surface area contributed by atoms with Gasteiger partial charge in [-0.1, -0.05) is 36.2 Å². The van der Waals surface area contributed by atoms with Crippen molar-refractivity contribution in [1.29, 1.82) is 0 Å². The number of rotatable bonds is 2. The van der Waals surface area contributed by atoms with Crippen LogP contribution in [-0.4, -0.2) is 4.57 Å². The number of hydrogen-bond donors (Lipinski definition) is 0. The van der Waals surface area contributed by atoms with Crippen molar-refractivity contribution in [2.45, 2.75) is 39.0 Å². The molecule has 0 saturated carbocycles. The molecular formula is C25H23NO2. The quantitative estimate of drug-likeness (QED) is 0.417. The topological polar surface area (TPSA) is 35.1 Å². The van der Waals surface area contributed by atoms with Crippen molar-refractivity contribution < 1.29 is 4.42 Å². The second kappa shape index (κ2) is 6.83. The molecule has 5 rings (SSSR count). The van der Waals surface area contributed by atoms with Gasteiger partial charge in [0.25, 0.3) is 5.56 Å². The molecule has 0 saturated heterocycles. The van der Waals surface area contributed by atoms with Crippen LogP contribution in [0.25, 0.3) is 27.8 Å². The highest BCUT2D eigenvalue weighted by molar-refractivity contribution is 5.84. The maximum atomic E-state index is 12.8. The molecule has 0 bridgehead atoms. The average molecular weight is 369 g/mol. The van der Waals surface area contributed by atoms with Crippen molar-refractivity contribution in [2.75, 3.05) is 0 Å². The Morgan fingerprint density at radius 2 is 1.68 bits per heavy atom. The monoisotopic (exact) mass is 369 g/mol. The second-order valence-electron chi connectivity index (χ2n) is 7.73. The maximum absolute atomic E-state index is 12.8. The van der Waals surface area contributed by atoms with Gasteiger partial charge in [-0.2, -0.15) is 0 Å². The number of aromatic nitrogens is 1. The number of furan rings is 1. The number of benzene rings is 2. The van der Waals surface area contributed by atoms with Crippen LogP contribution in [0.4, 0.5) is 0 Å². The van der Waals surface area contributed by atoms with Gasteiger partial charge in [-0.3, -0.25) is 9.36 Å². The van der Waals surface area contributed by atoms with Crippen LogP contribution in [-0.2, 0) is 12.8 Å². The van der Waals surface area contributed by atoms with Crippen LogP contribution in [0.5, 0.6) is 0 Å². The first-order valence-corrected chi connectivity index (χ1v) is 10.0. The second-order valence-corrected chi connectivity index (χ2v) is 7.73. The van der Waals surface area contributed by atoms with E-state index in [2.05, 4.69) is 37.3 Å². The molecule has 4 aromatic rings. The van der Waals surface area contributed by atoms with Crippen molar-refractivity contribution in [2.24, 2.45) is 0 Å². The van der Waals surface area contributed by atoms with Gasteiger partial charge in [-0.05, 0) is 55.5 Å². The molecule has 0 spiro atoms. The minimum absolute atomic E-state index is 0.0365. The lowest BCUT2D eigenvalue weighted by Gasteiger charge is -2.08. The summed E-state index contributed by atoms with van der Waals surface area (Å²) in [5.74, 6) is 1.13. The van der Waals surface area contributed by atoms with Crippen LogP contribution in [0.1, 0.15) is 36.1 Å². The molecule has 0 N–H and O–H groups in total. The van der Waals surface area contributed by atoms with E-state index in [0.717, 1.165) is 41.0 Å². The molecule has 3 nitrogen and oxygen atoms in total. The van der Waals surface area contributed by atoms with Crippen LogP contribution in [0.15, 0.2) is 70.0 Å². The van der Waals surface area contributed by atoms with Gasteiger partial charge in [0.1, 0.15) is 11.3 Å². The van der Waals surface area contributed by atoms with Gasteiger partial charge < -0.3 is 4.42 Å². The van der Waals surface area contributed by atoms with Gasteiger partial charge in [0.05, 0.1) is 5.69 Å². The molecule has 2 aromatic carbocycles. The van der Waals surface area contributed by atoms with Gasteiger partial charge in [-0.25, -0.2) is 0 Å². The van der Waals surface area contributed by atoms with Gasteiger partial charge >= 0.3 is 0 Å². The highest BCUT2D eigenvalue weighted by Gasteiger charge is 2.17. The summed E-state index contributed by atoms with van der Waals surface area (Å²) in [7, 11) is 0. The third kappa shape index (κ3) is 2.97.